The first-order valence-corrected chi connectivity index (χ1v) is 44.1. The minimum atomic E-state index is -1.19. The van der Waals surface area contributed by atoms with Crippen molar-refractivity contribution in [3.63, 3.8) is 0 Å². The van der Waals surface area contributed by atoms with Crippen molar-refractivity contribution >= 4 is 187 Å². The lowest BCUT2D eigenvalue weighted by molar-refractivity contribution is -0.139. The van der Waals surface area contributed by atoms with E-state index in [1.807, 2.05) is 23.5 Å². The van der Waals surface area contributed by atoms with E-state index in [0.717, 1.165) is 75.7 Å². The number of carbonyl (C=O) groups is 14. The Labute approximate surface area is 797 Å². The third kappa shape index (κ3) is 49.3. The third-order valence-corrected chi connectivity index (χ3v) is 24.1. The number of amides is 16. The first-order chi connectivity index (χ1) is 56.2. The summed E-state index contributed by atoms with van der Waals surface area (Å²) in [6, 6.07) is 4.96. The maximum atomic E-state index is 13.1. The number of nitrogens with one attached hydrogen (secondary N) is 14. The summed E-state index contributed by atoms with van der Waals surface area (Å²) in [5.41, 5.74) is 1.02. The number of hydrogen-bond donors (Lipinski definition) is 16. The molecule has 126 heavy (non-hydrogen) atoms. The summed E-state index contributed by atoms with van der Waals surface area (Å²) in [6.07, 6.45) is 22.5. The predicted molar refractivity (Wildman–Crippen MR) is 527 cm³/mol. The van der Waals surface area contributed by atoms with Crippen molar-refractivity contribution in [1.82, 2.24) is 94.2 Å². The maximum absolute atomic E-state index is 13.1. The van der Waals surface area contributed by atoms with Crippen LogP contribution in [0, 0.1) is 0 Å². The molecule has 6 saturated heterocycles. The van der Waals surface area contributed by atoms with Crippen LogP contribution in [0.4, 0.5) is 9.59 Å². The van der Waals surface area contributed by atoms with Crippen LogP contribution in [0.2, 0.25) is 0 Å². The van der Waals surface area contributed by atoms with E-state index < -0.39 is 24.3 Å². The van der Waals surface area contributed by atoms with Crippen molar-refractivity contribution in [1.29, 1.82) is 0 Å². The minimum absolute atomic E-state index is 0. The Hall–Kier alpha value is -6.80. The number of carbonyl (C=O) groups excluding carboxylic acids is 14. The molecule has 10 atom stereocenters. The van der Waals surface area contributed by atoms with Gasteiger partial charge >= 0.3 is 12.1 Å². The quantitative estimate of drug-likeness (QED) is 0.0273. The van der Waals surface area contributed by atoms with Crippen LogP contribution in [0.25, 0.3) is 0 Å². The van der Waals surface area contributed by atoms with E-state index in [1.54, 1.807) is 34.1 Å². The molecule has 16 N–H and O–H groups in total. The molecule has 16 amide bonds. The van der Waals surface area contributed by atoms with E-state index in [9.17, 15) is 77.3 Å². The molecule has 6 aliphatic heterocycles. The fourth-order valence-electron chi connectivity index (χ4n) is 14.6. The SMILES string of the molecule is C.C.C.C.O=C(CCCC[C@@H]1SC[C@@H]2NC(=O)N[C@@H]21)NCCCC(=O)NCCCC(=O)NCCCC(=O)NCCCCCC(=O)N[C@@H](C(=O)N1CCCC1)[C@@H](O)c1ccncc1.O=C(CCCC[C@@H]1SC[C@@H]2NC(=O)N[C@@H]21)NCCCC(=O)NCCCC(=O)NCCCC(=O)NCCCCCC(=O)N[C@H](C(=O)N1CCCC1)[C@H](O)c1ccncc1.S.S.S.S.S.S. The summed E-state index contributed by atoms with van der Waals surface area (Å²) >= 11 is 3.74. The van der Waals surface area contributed by atoms with Gasteiger partial charge in [-0.2, -0.15) is 104 Å². The van der Waals surface area contributed by atoms with Gasteiger partial charge < -0.3 is 94.4 Å². The smallest absolute Gasteiger partial charge is 0.315 e. The molecule has 2 aromatic rings. The fraction of sp³-hybridized carbons (Fsp3) is 0.714. The van der Waals surface area contributed by atoms with Gasteiger partial charge in [-0.1, -0.05) is 55.4 Å². The lowest BCUT2D eigenvalue weighted by Gasteiger charge is -2.28. The number of aromatic nitrogens is 2. The number of rotatable bonds is 54. The van der Waals surface area contributed by atoms with Crippen molar-refractivity contribution < 1.29 is 77.3 Å². The molecule has 8 heterocycles. The Kier molecular flexibility index (Phi) is 72.6. The number of unbranched alkanes of at least 4 members (excludes halogenated alkanes) is 6. The number of urea groups is 2. The summed E-state index contributed by atoms with van der Waals surface area (Å²) in [6.45, 7) is 5.71. The molecule has 724 valence electrons. The van der Waals surface area contributed by atoms with Crippen LogP contribution >= 0.6 is 104 Å². The van der Waals surface area contributed by atoms with E-state index in [-0.39, 0.29) is 269 Å². The highest BCUT2D eigenvalue weighted by Gasteiger charge is 2.44. The number of fused-ring (bicyclic) bond motifs is 2. The molecule has 8 rings (SSSR count). The van der Waals surface area contributed by atoms with Gasteiger partial charge in [-0.05, 0) is 151 Å². The van der Waals surface area contributed by atoms with E-state index in [1.165, 1.54) is 24.8 Å². The van der Waals surface area contributed by atoms with Crippen molar-refractivity contribution in [3.8, 4) is 0 Å². The van der Waals surface area contributed by atoms with Gasteiger partial charge in [0.25, 0.3) is 0 Å². The average molecular weight is 1930 g/mol. The molecule has 0 unspecified atom stereocenters. The number of likely N-dealkylation sites (tertiary alicyclic amines) is 2. The van der Waals surface area contributed by atoms with Crippen molar-refractivity contribution in [2.24, 2.45) is 0 Å². The van der Waals surface area contributed by atoms with Gasteiger partial charge in [0.2, 0.25) is 70.9 Å². The van der Waals surface area contributed by atoms with Crippen molar-refractivity contribution in [2.45, 2.75) is 294 Å². The van der Waals surface area contributed by atoms with E-state index in [0.29, 0.717) is 190 Å². The van der Waals surface area contributed by atoms with Crippen molar-refractivity contribution in [2.75, 3.05) is 90.0 Å². The van der Waals surface area contributed by atoms with Crippen LogP contribution in [0.1, 0.15) is 259 Å². The molecule has 34 nitrogen and oxygen atoms in total. The molecule has 0 aromatic carbocycles. The Morgan fingerprint density at radius 2 is 0.579 bits per heavy atom. The topological polar surface area (TPSA) is 480 Å². The number of nitrogens with zero attached hydrogens (tertiary/aromatic N) is 4. The van der Waals surface area contributed by atoms with Crippen LogP contribution in [0.15, 0.2) is 49.1 Å². The number of aliphatic hydroxyl groups excluding tert-OH is 2. The van der Waals surface area contributed by atoms with Gasteiger partial charge in [0, 0.05) is 190 Å². The maximum Gasteiger partial charge on any atom is 0.315 e. The van der Waals surface area contributed by atoms with Gasteiger partial charge in [-0.25, -0.2) is 9.59 Å². The highest BCUT2D eigenvalue weighted by molar-refractivity contribution is 8.00. The largest absolute Gasteiger partial charge is 0.386 e. The molecule has 0 aliphatic carbocycles. The zero-order valence-electron chi connectivity index (χ0n) is 70.1. The summed E-state index contributed by atoms with van der Waals surface area (Å²) in [5, 5.41) is 62.6. The van der Waals surface area contributed by atoms with Crippen LogP contribution < -0.4 is 74.4 Å². The van der Waals surface area contributed by atoms with Gasteiger partial charge in [-0.3, -0.25) is 67.5 Å². The van der Waals surface area contributed by atoms with E-state index >= 15 is 0 Å². The molecule has 0 bridgehead atoms. The zero-order valence-corrected chi connectivity index (χ0v) is 77.8. The zero-order chi connectivity index (χ0) is 83.1. The van der Waals surface area contributed by atoms with Gasteiger partial charge in [0.15, 0.2) is 0 Å². The normalized spacial score (nSPS) is 17.8. The molecule has 2 aromatic heterocycles. The first kappa shape index (κ1) is 125. The molecule has 0 spiro atoms. The number of hydrogen-bond acceptors (Lipinski definition) is 20. The summed E-state index contributed by atoms with van der Waals surface area (Å²) in [4.78, 5) is 183. The Morgan fingerprint density at radius 1 is 0.341 bits per heavy atom. The third-order valence-electron chi connectivity index (χ3n) is 21.1. The molecular formula is C84H154N18O16S8. The monoisotopic (exact) mass is 1930 g/mol. The van der Waals surface area contributed by atoms with E-state index in [2.05, 4.69) is 84.4 Å². The lowest BCUT2D eigenvalue weighted by Crippen LogP contribution is -2.51. The lowest BCUT2D eigenvalue weighted by atomic mass is 10.0. The van der Waals surface area contributed by atoms with Gasteiger partial charge in [0.1, 0.15) is 24.3 Å². The first-order valence-electron chi connectivity index (χ1n) is 42.0. The second kappa shape index (κ2) is 72.9. The summed E-state index contributed by atoms with van der Waals surface area (Å²) in [5.74, 6) is -0.172. The number of aliphatic hydroxyl groups is 2. The van der Waals surface area contributed by atoms with Crippen molar-refractivity contribution in [3.05, 3.63) is 60.2 Å². The van der Waals surface area contributed by atoms with Crippen LogP contribution in [-0.4, -0.2) is 250 Å². The summed E-state index contributed by atoms with van der Waals surface area (Å²) < 4.78 is 0. The van der Waals surface area contributed by atoms with Gasteiger partial charge in [0.05, 0.1) is 24.2 Å². The molecule has 42 heteroatoms. The Balaban J connectivity index is -0.00000109. The second-order valence-corrected chi connectivity index (χ2v) is 32.9. The fourth-order valence-corrected chi connectivity index (χ4v) is 17.7. The average Bonchev–Trinajstić information content (AvgIpc) is 1.53. The molecule has 0 radical (unpaired) electrons. The van der Waals surface area contributed by atoms with Crippen LogP contribution in [-0.2, 0) is 57.5 Å². The molecule has 6 aliphatic rings. The van der Waals surface area contributed by atoms with Gasteiger partial charge in [-0.15, -0.1) is 0 Å². The van der Waals surface area contributed by atoms with Crippen LogP contribution in [0.5, 0.6) is 0 Å². The standard InChI is InChI=1S/2C40H63N9O8S.4CH4.6H2S/c2*50-31(12-4-3-11-30-36-29(27-58-30)46-40(57)48-36)43-20-9-15-33(52)45-22-10-16-34(53)44-21-8-14-32(51)42-19-5-1-2-13-35(54)47-37(39(56)49-25-6-7-26-49)38(55)28-17-23-41-24-18-28;;;;;;;;;;/h2*17-18,23-24,29-30,36-38,55H,1-16,19-22,25-27H2,(H,42,51)(H,43,50)(H,44,53)(H,45,52)(H,47,54)(H2,46,48,57);4*1H4;6*1H2/t29-,30-,36-,37+,38-;29-,30-,36-,37-,38+;;;;;;;;;;/m00........../s1. The number of thioether (sulfide) groups is 2. The van der Waals surface area contributed by atoms with E-state index in [4.69, 9.17) is 0 Å². The minimum Gasteiger partial charge on any atom is -0.386 e. The Morgan fingerprint density at radius 3 is 0.849 bits per heavy atom. The second-order valence-electron chi connectivity index (χ2n) is 30.4. The Bertz CT molecular complexity index is 3250. The predicted octanol–water partition coefficient (Wildman–Crippen LogP) is 5.85. The molecule has 0 saturated carbocycles. The molecule has 6 fully saturated rings. The number of pyridine rings is 2. The highest BCUT2D eigenvalue weighted by atomic mass is 32.2. The van der Waals surface area contributed by atoms with Crippen LogP contribution in [0.3, 0.4) is 0 Å². The highest BCUT2D eigenvalue weighted by Crippen LogP contribution is 2.35. The molecular weight excluding hydrogens is 1770 g/mol. The summed E-state index contributed by atoms with van der Waals surface area (Å²) in [7, 11) is 0.